The highest BCUT2D eigenvalue weighted by molar-refractivity contribution is 7.99. The normalized spacial score (nSPS) is 19.5. The molecule has 1 fully saturated rings. The minimum absolute atomic E-state index is 0.0698. The highest BCUT2D eigenvalue weighted by atomic mass is 32.2. The molecule has 1 N–H and O–H groups in total. The van der Waals surface area contributed by atoms with Gasteiger partial charge in [-0.2, -0.15) is 0 Å². The van der Waals surface area contributed by atoms with Gasteiger partial charge in [-0.15, -0.1) is 0 Å². The lowest BCUT2D eigenvalue weighted by molar-refractivity contribution is -0.137. The third kappa shape index (κ3) is 4.26. The standard InChI is InChI=1S/C20H21NO4S/c1-25-15-11-14(12-19(22)23)21(13-15)20(24)17-9-5-6-10-18(17)26-16-7-3-2-4-8-16/h2-10,14-15H,11-13H2,1H3,(H,22,23). The van der Waals surface area contributed by atoms with Crippen molar-refractivity contribution < 1.29 is 19.4 Å². The summed E-state index contributed by atoms with van der Waals surface area (Å²) in [6, 6.07) is 17.0. The summed E-state index contributed by atoms with van der Waals surface area (Å²) in [6.07, 6.45) is 0.347. The molecule has 0 spiro atoms. The van der Waals surface area contributed by atoms with Gasteiger partial charge in [0.25, 0.3) is 5.91 Å². The number of likely N-dealkylation sites (tertiary alicyclic amines) is 1. The van der Waals surface area contributed by atoms with Crippen molar-refractivity contribution in [1.82, 2.24) is 4.90 Å². The van der Waals surface area contributed by atoms with Crippen LogP contribution in [-0.2, 0) is 9.53 Å². The third-order valence-electron chi connectivity index (χ3n) is 4.47. The van der Waals surface area contributed by atoms with Crippen molar-refractivity contribution in [3.05, 3.63) is 60.2 Å². The molecule has 2 atom stereocenters. The molecule has 26 heavy (non-hydrogen) atoms. The van der Waals surface area contributed by atoms with Gasteiger partial charge in [0.2, 0.25) is 0 Å². The van der Waals surface area contributed by atoms with Gasteiger partial charge in [0.05, 0.1) is 18.1 Å². The predicted octanol–water partition coefficient (Wildman–Crippen LogP) is 3.54. The first-order chi connectivity index (χ1) is 12.6. The third-order valence-corrected chi connectivity index (χ3v) is 5.55. The molecule has 1 aliphatic rings. The van der Waals surface area contributed by atoms with Gasteiger partial charge >= 0.3 is 5.97 Å². The second-order valence-corrected chi connectivity index (χ2v) is 7.33. The van der Waals surface area contributed by atoms with Gasteiger partial charge in [-0.1, -0.05) is 42.1 Å². The Bertz CT molecular complexity index is 780. The molecule has 0 bridgehead atoms. The summed E-state index contributed by atoms with van der Waals surface area (Å²) in [6.45, 7) is 0.414. The van der Waals surface area contributed by atoms with Crippen molar-refractivity contribution in [2.45, 2.75) is 34.8 Å². The van der Waals surface area contributed by atoms with Crippen molar-refractivity contribution in [3.63, 3.8) is 0 Å². The first-order valence-electron chi connectivity index (χ1n) is 8.46. The van der Waals surface area contributed by atoms with Gasteiger partial charge in [-0.25, -0.2) is 0 Å². The zero-order valence-corrected chi connectivity index (χ0v) is 15.3. The number of hydrogen-bond acceptors (Lipinski definition) is 4. The summed E-state index contributed by atoms with van der Waals surface area (Å²) in [5, 5.41) is 9.17. The first-order valence-corrected chi connectivity index (χ1v) is 9.27. The fraction of sp³-hybridized carbons (Fsp3) is 0.300. The Morgan fingerprint density at radius 1 is 1.15 bits per heavy atom. The Morgan fingerprint density at radius 2 is 1.85 bits per heavy atom. The number of aliphatic carboxylic acids is 1. The van der Waals surface area contributed by atoms with Crippen molar-refractivity contribution >= 4 is 23.6 Å². The largest absolute Gasteiger partial charge is 0.481 e. The van der Waals surface area contributed by atoms with Crippen LogP contribution in [0.4, 0.5) is 0 Å². The summed E-state index contributed by atoms with van der Waals surface area (Å²) in [4.78, 5) is 27.9. The van der Waals surface area contributed by atoms with Crippen LogP contribution in [0.1, 0.15) is 23.2 Å². The van der Waals surface area contributed by atoms with E-state index in [1.54, 1.807) is 18.1 Å². The van der Waals surface area contributed by atoms with E-state index < -0.39 is 5.97 Å². The van der Waals surface area contributed by atoms with Crippen molar-refractivity contribution in [2.75, 3.05) is 13.7 Å². The summed E-state index contributed by atoms with van der Waals surface area (Å²) >= 11 is 1.53. The fourth-order valence-electron chi connectivity index (χ4n) is 3.19. The SMILES string of the molecule is COC1CC(CC(=O)O)N(C(=O)c2ccccc2Sc2ccccc2)C1. The number of carboxylic acid groups (broad SMARTS) is 1. The van der Waals surface area contributed by atoms with Gasteiger partial charge in [-0.05, 0) is 30.7 Å². The van der Waals surface area contributed by atoms with E-state index in [0.717, 1.165) is 9.79 Å². The van der Waals surface area contributed by atoms with Crippen LogP contribution in [0.15, 0.2) is 64.4 Å². The lowest BCUT2D eigenvalue weighted by atomic mass is 10.1. The fourth-order valence-corrected chi connectivity index (χ4v) is 4.15. The molecule has 1 saturated heterocycles. The van der Waals surface area contributed by atoms with Crippen LogP contribution in [-0.4, -0.2) is 47.7 Å². The molecule has 2 aromatic carbocycles. The van der Waals surface area contributed by atoms with E-state index >= 15 is 0 Å². The van der Waals surface area contributed by atoms with Crippen LogP contribution >= 0.6 is 11.8 Å². The Hall–Kier alpha value is -2.31. The molecule has 2 aromatic rings. The number of nitrogens with zero attached hydrogens (tertiary/aromatic N) is 1. The Morgan fingerprint density at radius 3 is 2.54 bits per heavy atom. The number of carboxylic acids is 1. The Kier molecular flexibility index (Phi) is 5.96. The quantitative estimate of drug-likeness (QED) is 0.841. The van der Waals surface area contributed by atoms with E-state index in [1.807, 2.05) is 48.5 Å². The summed E-state index contributed by atoms with van der Waals surface area (Å²) < 4.78 is 5.37. The topological polar surface area (TPSA) is 66.8 Å². The Balaban J connectivity index is 1.85. The monoisotopic (exact) mass is 371 g/mol. The first kappa shape index (κ1) is 18.5. The summed E-state index contributed by atoms with van der Waals surface area (Å²) in [5.74, 6) is -1.05. The molecule has 0 saturated carbocycles. The van der Waals surface area contributed by atoms with E-state index in [2.05, 4.69) is 0 Å². The highest BCUT2D eigenvalue weighted by Gasteiger charge is 2.37. The van der Waals surface area contributed by atoms with Crippen molar-refractivity contribution in [3.8, 4) is 0 Å². The van der Waals surface area contributed by atoms with E-state index in [1.165, 1.54) is 11.8 Å². The number of rotatable bonds is 6. The molecule has 1 aliphatic heterocycles. The molecule has 5 nitrogen and oxygen atoms in total. The maximum absolute atomic E-state index is 13.2. The molecular weight excluding hydrogens is 350 g/mol. The van der Waals surface area contributed by atoms with Crippen LogP contribution in [0.3, 0.4) is 0 Å². The van der Waals surface area contributed by atoms with E-state index in [4.69, 9.17) is 9.84 Å². The number of methoxy groups -OCH3 is 1. The van der Waals surface area contributed by atoms with Gasteiger partial charge < -0.3 is 14.7 Å². The van der Waals surface area contributed by atoms with Crippen LogP contribution < -0.4 is 0 Å². The van der Waals surface area contributed by atoms with Crippen LogP contribution in [0, 0.1) is 0 Å². The van der Waals surface area contributed by atoms with E-state index in [9.17, 15) is 9.59 Å². The van der Waals surface area contributed by atoms with Gasteiger partial charge in [0, 0.05) is 29.5 Å². The molecule has 2 unspecified atom stereocenters. The number of benzene rings is 2. The molecular formula is C20H21NO4S. The molecule has 0 radical (unpaired) electrons. The molecule has 0 aromatic heterocycles. The minimum atomic E-state index is -0.906. The smallest absolute Gasteiger partial charge is 0.305 e. The average molecular weight is 371 g/mol. The van der Waals surface area contributed by atoms with E-state index in [-0.39, 0.29) is 24.5 Å². The lowest BCUT2D eigenvalue weighted by Gasteiger charge is -2.24. The van der Waals surface area contributed by atoms with E-state index in [0.29, 0.717) is 18.5 Å². The molecule has 136 valence electrons. The maximum Gasteiger partial charge on any atom is 0.305 e. The molecule has 1 amide bonds. The second-order valence-electron chi connectivity index (χ2n) is 6.21. The number of amides is 1. The van der Waals surface area contributed by atoms with Crippen molar-refractivity contribution in [2.24, 2.45) is 0 Å². The number of carbonyl (C=O) groups is 2. The van der Waals surface area contributed by atoms with Gasteiger partial charge in [0.1, 0.15) is 0 Å². The summed E-state index contributed by atoms with van der Waals surface area (Å²) in [5.41, 5.74) is 0.591. The second kappa shape index (κ2) is 8.38. The molecule has 0 aliphatic carbocycles. The number of ether oxygens (including phenoxy) is 1. The molecule has 1 heterocycles. The Labute approximate surface area is 157 Å². The summed E-state index contributed by atoms with van der Waals surface area (Å²) in [7, 11) is 1.59. The van der Waals surface area contributed by atoms with Gasteiger partial charge in [0.15, 0.2) is 0 Å². The maximum atomic E-state index is 13.2. The van der Waals surface area contributed by atoms with Gasteiger partial charge in [-0.3, -0.25) is 9.59 Å². The molecule has 3 rings (SSSR count). The average Bonchev–Trinajstić information content (AvgIpc) is 3.05. The van der Waals surface area contributed by atoms with Crippen LogP contribution in [0.25, 0.3) is 0 Å². The van der Waals surface area contributed by atoms with Crippen LogP contribution in [0.5, 0.6) is 0 Å². The van der Waals surface area contributed by atoms with Crippen molar-refractivity contribution in [1.29, 1.82) is 0 Å². The molecule has 6 heteroatoms. The number of hydrogen-bond donors (Lipinski definition) is 1. The predicted molar refractivity (Wildman–Crippen MR) is 99.5 cm³/mol. The minimum Gasteiger partial charge on any atom is -0.481 e. The van der Waals surface area contributed by atoms with Crippen LogP contribution in [0.2, 0.25) is 0 Å². The zero-order valence-electron chi connectivity index (χ0n) is 14.5. The zero-order chi connectivity index (χ0) is 18.5. The lowest BCUT2D eigenvalue weighted by Crippen LogP contribution is -2.37. The highest BCUT2D eigenvalue weighted by Crippen LogP contribution is 2.33. The number of carbonyl (C=O) groups excluding carboxylic acids is 1.